The first-order valence-corrected chi connectivity index (χ1v) is 12.7. The van der Waals surface area contributed by atoms with Gasteiger partial charge in [0.1, 0.15) is 0 Å². The lowest BCUT2D eigenvalue weighted by Gasteiger charge is -2.34. The summed E-state index contributed by atoms with van der Waals surface area (Å²) >= 11 is 3.69. The van der Waals surface area contributed by atoms with Gasteiger partial charge in [0.05, 0.1) is 32.0 Å². The third kappa shape index (κ3) is 17.6. The lowest BCUT2D eigenvalue weighted by atomic mass is 10.1. The molecule has 1 nitrogen and oxygen atoms in total. The quantitative estimate of drug-likeness (QED) is 0.106. The summed E-state index contributed by atoms with van der Waals surface area (Å²) in [6.07, 6.45) is 23.0. The number of unbranched alkanes of at least 4 members (excludes halogenated alkanes) is 14. The number of halogens is 1. The maximum absolute atomic E-state index is 3.69. The Morgan fingerprint density at radius 2 is 0.800 bits per heavy atom. The summed E-state index contributed by atoms with van der Waals surface area (Å²) in [5.41, 5.74) is 0. The standard InChI is InChI=1S/C23H49BrN/c1-4-6-8-10-12-14-16-18-21-25(3,23-20-24)22-19-17-15-13-11-9-7-5-2/h4-23H2,1-3H3/q+1. The molecule has 0 aromatic carbocycles. The molecule has 0 spiro atoms. The Balaban J connectivity index is 3.66. The van der Waals surface area contributed by atoms with E-state index in [1.54, 1.807) is 0 Å². The van der Waals surface area contributed by atoms with Crippen LogP contribution in [0.3, 0.4) is 0 Å². The van der Waals surface area contributed by atoms with E-state index in [0.29, 0.717) is 0 Å². The van der Waals surface area contributed by atoms with Crippen molar-refractivity contribution >= 4 is 15.9 Å². The molecule has 25 heavy (non-hydrogen) atoms. The fourth-order valence-corrected chi connectivity index (χ4v) is 4.65. The van der Waals surface area contributed by atoms with Crippen molar-refractivity contribution in [1.29, 1.82) is 0 Å². The first kappa shape index (κ1) is 25.4. The molecule has 0 saturated carbocycles. The Hall–Kier alpha value is 0.440. The van der Waals surface area contributed by atoms with Crippen LogP contribution >= 0.6 is 15.9 Å². The number of quaternary nitrogens is 1. The lowest BCUT2D eigenvalue weighted by Crippen LogP contribution is -2.46. The zero-order valence-corrected chi connectivity index (χ0v) is 19.6. The average Bonchev–Trinajstić information content (AvgIpc) is 2.60. The normalized spacial score (nSPS) is 12.0. The van der Waals surface area contributed by atoms with E-state index >= 15 is 0 Å². The summed E-state index contributed by atoms with van der Waals surface area (Å²) in [6.45, 7) is 8.67. The molecule has 0 aliphatic heterocycles. The van der Waals surface area contributed by atoms with Crippen molar-refractivity contribution in [3.63, 3.8) is 0 Å². The van der Waals surface area contributed by atoms with Crippen molar-refractivity contribution in [3.05, 3.63) is 0 Å². The molecule has 0 bridgehead atoms. The van der Waals surface area contributed by atoms with Gasteiger partial charge in [-0.3, -0.25) is 0 Å². The van der Waals surface area contributed by atoms with Gasteiger partial charge in [-0.1, -0.05) is 107 Å². The minimum Gasteiger partial charge on any atom is -0.325 e. The third-order valence-corrected chi connectivity index (χ3v) is 6.08. The summed E-state index contributed by atoms with van der Waals surface area (Å²) in [6, 6.07) is 0. The van der Waals surface area contributed by atoms with Gasteiger partial charge in [0, 0.05) is 0 Å². The molecule has 0 rings (SSSR count). The maximum atomic E-state index is 3.69. The van der Waals surface area contributed by atoms with E-state index in [9.17, 15) is 0 Å². The molecule has 0 aromatic heterocycles. The van der Waals surface area contributed by atoms with E-state index in [-0.39, 0.29) is 0 Å². The summed E-state index contributed by atoms with van der Waals surface area (Å²) in [5, 5.41) is 1.15. The van der Waals surface area contributed by atoms with Crippen LogP contribution in [0.1, 0.15) is 117 Å². The maximum Gasteiger partial charge on any atom is 0.0883 e. The number of alkyl halides is 1. The van der Waals surface area contributed by atoms with E-state index in [1.807, 2.05) is 0 Å². The topological polar surface area (TPSA) is 0 Å². The second kappa shape index (κ2) is 19.2. The Labute approximate surface area is 169 Å². The highest BCUT2D eigenvalue weighted by molar-refractivity contribution is 9.09. The number of nitrogens with zero attached hydrogens (tertiary/aromatic N) is 1. The van der Waals surface area contributed by atoms with Crippen molar-refractivity contribution in [2.24, 2.45) is 0 Å². The van der Waals surface area contributed by atoms with Gasteiger partial charge in [-0.15, -0.1) is 0 Å². The van der Waals surface area contributed by atoms with Gasteiger partial charge in [-0.05, 0) is 25.7 Å². The molecular weight excluding hydrogens is 370 g/mol. The molecule has 0 aliphatic rings. The lowest BCUT2D eigenvalue weighted by molar-refractivity contribution is -0.907. The van der Waals surface area contributed by atoms with Crippen LogP contribution in [-0.4, -0.2) is 36.5 Å². The van der Waals surface area contributed by atoms with Crippen molar-refractivity contribution < 1.29 is 4.48 Å². The van der Waals surface area contributed by atoms with E-state index in [0.717, 1.165) is 5.33 Å². The van der Waals surface area contributed by atoms with Crippen molar-refractivity contribution in [3.8, 4) is 0 Å². The van der Waals surface area contributed by atoms with Gasteiger partial charge in [0.25, 0.3) is 0 Å². The summed E-state index contributed by atoms with van der Waals surface area (Å²) in [7, 11) is 2.49. The number of hydrogen-bond acceptors (Lipinski definition) is 0. The van der Waals surface area contributed by atoms with Crippen molar-refractivity contribution in [1.82, 2.24) is 0 Å². The van der Waals surface area contributed by atoms with Crippen LogP contribution in [-0.2, 0) is 0 Å². The molecule has 0 N–H and O–H groups in total. The smallest absolute Gasteiger partial charge is 0.0883 e. The van der Waals surface area contributed by atoms with E-state index in [4.69, 9.17) is 0 Å². The molecule has 0 amide bonds. The SMILES string of the molecule is CCCCCCCCCC[N+](C)(CCBr)CCCCCCCCCC. The zero-order chi connectivity index (χ0) is 18.6. The van der Waals surface area contributed by atoms with Crippen molar-refractivity contribution in [2.75, 3.05) is 32.0 Å². The Morgan fingerprint density at radius 3 is 1.12 bits per heavy atom. The molecule has 0 aliphatic carbocycles. The largest absolute Gasteiger partial charge is 0.325 e. The Morgan fingerprint density at radius 1 is 0.480 bits per heavy atom. The van der Waals surface area contributed by atoms with Crippen LogP contribution in [0, 0.1) is 0 Å². The van der Waals surface area contributed by atoms with Crippen LogP contribution in [0.5, 0.6) is 0 Å². The summed E-state index contributed by atoms with van der Waals surface area (Å²) < 4.78 is 1.29. The molecule has 0 aromatic rings. The molecular formula is C23H49BrN+. The highest BCUT2D eigenvalue weighted by atomic mass is 79.9. The average molecular weight is 420 g/mol. The van der Waals surface area contributed by atoms with E-state index < -0.39 is 0 Å². The van der Waals surface area contributed by atoms with Crippen LogP contribution in [0.4, 0.5) is 0 Å². The molecule has 152 valence electrons. The van der Waals surface area contributed by atoms with Gasteiger partial charge in [0.15, 0.2) is 0 Å². The second-order valence-corrected chi connectivity index (χ2v) is 9.22. The predicted octanol–water partition coefficient (Wildman–Crippen LogP) is 8.11. The molecule has 0 saturated heterocycles. The first-order valence-electron chi connectivity index (χ1n) is 11.6. The van der Waals surface area contributed by atoms with Crippen LogP contribution in [0.15, 0.2) is 0 Å². The molecule has 0 fully saturated rings. The second-order valence-electron chi connectivity index (χ2n) is 8.43. The van der Waals surface area contributed by atoms with Gasteiger partial charge in [-0.2, -0.15) is 0 Å². The number of hydrogen-bond donors (Lipinski definition) is 0. The fraction of sp³-hybridized carbons (Fsp3) is 1.00. The van der Waals surface area contributed by atoms with E-state index in [1.165, 1.54) is 127 Å². The molecule has 0 radical (unpaired) electrons. The Kier molecular flexibility index (Phi) is 19.5. The first-order chi connectivity index (χ1) is 12.2. The minimum atomic E-state index is 1.15. The minimum absolute atomic E-state index is 1.15. The molecule has 0 atom stereocenters. The van der Waals surface area contributed by atoms with Gasteiger partial charge < -0.3 is 4.48 Å². The fourth-order valence-electron chi connectivity index (χ4n) is 3.79. The number of rotatable bonds is 20. The van der Waals surface area contributed by atoms with Gasteiger partial charge in [-0.25, -0.2) is 0 Å². The zero-order valence-electron chi connectivity index (χ0n) is 18.0. The molecule has 0 unspecified atom stereocenters. The highest BCUT2D eigenvalue weighted by Gasteiger charge is 2.19. The molecule has 0 heterocycles. The van der Waals surface area contributed by atoms with E-state index in [2.05, 4.69) is 36.8 Å². The molecule has 2 heteroatoms. The van der Waals surface area contributed by atoms with Crippen LogP contribution in [0.2, 0.25) is 0 Å². The third-order valence-electron chi connectivity index (χ3n) is 5.73. The highest BCUT2D eigenvalue weighted by Crippen LogP contribution is 2.15. The van der Waals surface area contributed by atoms with Crippen LogP contribution in [0.25, 0.3) is 0 Å². The Bertz CT molecular complexity index is 234. The van der Waals surface area contributed by atoms with Gasteiger partial charge in [0.2, 0.25) is 0 Å². The monoisotopic (exact) mass is 418 g/mol. The summed E-state index contributed by atoms with van der Waals surface area (Å²) in [4.78, 5) is 0. The van der Waals surface area contributed by atoms with Crippen molar-refractivity contribution in [2.45, 2.75) is 117 Å². The van der Waals surface area contributed by atoms with Crippen LogP contribution < -0.4 is 0 Å². The van der Waals surface area contributed by atoms with Gasteiger partial charge >= 0.3 is 0 Å². The summed E-state index contributed by atoms with van der Waals surface area (Å²) in [5.74, 6) is 0. The predicted molar refractivity (Wildman–Crippen MR) is 120 cm³/mol.